The van der Waals surface area contributed by atoms with Gasteiger partial charge in [0.2, 0.25) is 18.2 Å². The fourth-order valence-electron chi connectivity index (χ4n) is 3.35. The highest BCUT2D eigenvalue weighted by Crippen LogP contribution is 2.23. The number of benzene rings is 2. The Hall–Kier alpha value is -2.99. The second-order valence-electron chi connectivity index (χ2n) is 6.42. The van der Waals surface area contributed by atoms with Crippen molar-refractivity contribution in [1.82, 2.24) is 15.1 Å². The summed E-state index contributed by atoms with van der Waals surface area (Å²) in [5, 5.41) is 10.6. The molecule has 6 heteroatoms. The average molecular weight is 348 g/mol. The van der Waals surface area contributed by atoms with Crippen LogP contribution in [0.1, 0.15) is 18.4 Å². The van der Waals surface area contributed by atoms with Crippen LogP contribution in [-0.2, 0) is 11.3 Å². The highest BCUT2D eigenvalue weighted by atomic mass is 16.4. The van der Waals surface area contributed by atoms with E-state index in [1.165, 1.54) is 12.0 Å². The molecule has 0 aliphatic carbocycles. The summed E-state index contributed by atoms with van der Waals surface area (Å²) in [5.74, 6) is 0.511. The fourth-order valence-corrected chi connectivity index (χ4v) is 3.35. The monoisotopic (exact) mass is 348 g/mol. The zero-order chi connectivity index (χ0) is 17.8. The van der Waals surface area contributed by atoms with Gasteiger partial charge in [-0.15, -0.1) is 10.2 Å². The summed E-state index contributed by atoms with van der Waals surface area (Å²) in [7, 11) is 0. The Morgan fingerprint density at radius 3 is 2.69 bits per heavy atom. The average Bonchev–Trinajstić information content (AvgIpc) is 3.35. The molecule has 132 valence electrons. The number of rotatable bonds is 5. The van der Waals surface area contributed by atoms with Crippen LogP contribution in [0, 0.1) is 0 Å². The lowest BCUT2D eigenvalue weighted by Crippen LogP contribution is -2.39. The molecule has 0 unspecified atom stereocenters. The van der Waals surface area contributed by atoms with Gasteiger partial charge in [0.05, 0.1) is 6.04 Å². The predicted octanol–water partition coefficient (Wildman–Crippen LogP) is 3.34. The number of nitrogens with zero attached hydrogens (tertiary/aromatic N) is 3. The predicted molar refractivity (Wildman–Crippen MR) is 98.2 cm³/mol. The Morgan fingerprint density at radius 1 is 1.15 bits per heavy atom. The molecule has 4 rings (SSSR count). The minimum atomic E-state index is -0.0918. The van der Waals surface area contributed by atoms with E-state index in [9.17, 15) is 4.79 Å². The molecule has 1 aliphatic rings. The van der Waals surface area contributed by atoms with Gasteiger partial charge in [0.15, 0.2) is 0 Å². The molecule has 1 atom stereocenters. The number of carbonyl (C=O) groups is 1. The quantitative estimate of drug-likeness (QED) is 0.766. The molecule has 0 saturated carbocycles. The van der Waals surface area contributed by atoms with Crippen molar-refractivity contribution in [2.45, 2.75) is 25.4 Å². The van der Waals surface area contributed by atoms with Gasteiger partial charge in [-0.2, -0.15) is 0 Å². The molecule has 3 aromatic rings. The minimum absolute atomic E-state index is 0.0453. The van der Waals surface area contributed by atoms with Crippen LogP contribution in [0.3, 0.4) is 0 Å². The van der Waals surface area contributed by atoms with E-state index in [1.807, 2.05) is 42.5 Å². The number of likely N-dealkylation sites (tertiary alicyclic amines) is 1. The van der Waals surface area contributed by atoms with Gasteiger partial charge in [0, 0.05) is 17.8 Å². The first-order valence-electron chi connectivity index (χ1n) is 8.75. The van der Waals surface area contributed by atoms with Crippen molar-refractivity contribution in [3.8, 4) is 11.5 Å². The molecular weight excluding hydrogens is 328 g/mol. The highest BCUT2D eigenvalue weighted by molar-refractivity contribution is 5.95. The Kier molecular flexibility index (Phi) is 4.75. The normalized spacial score (nSPS) is 17.3. The van der Waals surface area contributed by atoms with Crippen LogP contribution in [-0.4, -0.2) is 33.6 Å². The molecule has 1 aliphatic heterocycles. The maximum atomic E-state index is 12.7. The van der Waals surface area contributed by atoms with Gasteiger partial charge < -0.3 is 9.73 Å². The molecule has 1 amide bonds. The second kappa shape index (κ2) is 7.49. The van der Waals surface area contributed by atoms with E-state index in [1.54, 1.807) is 0 Å². The zero-order valence-electron chi connectivity index (χ0n) is 14.3. The molecule has 0 spiro atoms. The van der Waals surface area contributed by atoms with Crippen molar-refractivity contribution in [2.75, 3.05) is 11.9 Å². The molecule has 0 bridgehead atoms. The fraction of sp³-hybridized carbons (Fsp3) is 0.250. The summed E-state index contributed by atoms with van der Waals surface area (Å²) < 4.78 is 5.18. The van der Waals surface area contributed by atoms with E-state index >= 15 is 0 Å². The van der Waals surface area contributed by atoms with Crippen LogP contribution in [0.25, 0.3) is 11.5 Å². The van der Waals surface area contributed by atoms with Crippen LogP contribution < -0.4 is 5.32 Å². The first-order chi connectivity index (χ1) is 12.8. The molecule has 6 nitrogen and oxygen atoms in total. The van der Waals surface area contributed by atoms with E-state index in [0.717, 1.165) is 37.2 Å². The number of hydrogen-bond donors (Lipinski definition) is 1. The summed E-state index contributed by atoms with van der Waals surface area (Å²) in [6, 6.07) is 17.6. The first-order valence-corrected chi connectivity index (χ1v) is 8.75. The molecule has 1 saturated heterocycles. The number of anilines is 1. The summed E-state index contributed by atoms with van der Waals surface area (Å²) in [5.41, 5.74) is 2.83. The number of aromatic nitrogens is 2. The van der Waals surface area contributed by atoms with Crippen molar-refractivity contribution in [1.29, 1.82) is 0 Å². The third-order valence-electron chi connectivity index (χ3n) is 4.65. The number of hydrogen-bond acceptors (Lipinski definition) is 5. The van der Waals surface area contributed by atoms with Crippen molar-refractivity contribution >= 4 is 11.6 Å². The third kappa shape index (κ3) is 3.65. The lowest BCUT2D eigenvalue weighted by molar-refractivity contribution is -0.120. The van der Waals surface area contributed by atoms with Gasteiger partial charge in [0.25, 0.3) is 0 Å². The first kappa shape index (κ1) is 16.5. The Morgan fingerprint density at radius 2 is 1.96 bits per heavy atom. The van der Waals surface area contributed by atoms with Gasteiger partial charge in [-0.3, -0.25) is 9.69 Å². The summed E-state index contributed by atoms with van der Waals surface area (Å²) >= 11 is 0. The lowest BCUT2D eigenvalue weighted by Gasteiger charge is -2.23. The summed E-state index contributed by atoms with van der Waals surface area (Å²) in [6.07, 6.45) is 3.23. The largest absolute Gasteiger partial charge is 0.423 e. The summed E-state index contributed by atoms with van der Waals surface area (Å²) in [6.45, 7) is 1.75. The smallest absolute Gasteiger partial charge is 0.247 e. The standard InChI is InChI=1S/C20H20N4O2/c25-19(18-7-4-12-24(18)13-15-5-2-1-3-6-15)22-17-10-8-16(9-11-17)20-23-21-14-26-20/h1-3,5-6,8-11,14,18H,4,7,12-13H2,(H,22,25)/t18-/m0/s1. The SMILES string of the molecule is O=C(Nc1ccc(-c2nnco2)cc1)[C@@H]1CCCN1Cc1ccccc1. The molecule has 26 heavy (non-hydrogen) atoms. The number of amides is 1. The van der Waals surface area contributed by atoms with Crippen LogP contribution in [0.2, 0.25) is 0 Å². The van der Waals surface area contributed by atoms with E-state index in [0.29, 0.717) is 5.89 Å². The van der Waals surface area contributed by atoms with Gasteiger partial charge in [0.1, 0.15) is 0 Å². The second-order valence-corrected chi connectivity index (χ2v) is 6.42. The topological polar surface area (TPSA) is 71.3 Å². The van der Waals surface area contributed by atoms with E-state index < -0.39 is 0 Å². The Bertz CT molecular complexity index is 847. The van der Waals surface area contributed by atoms with Crippen molar-refractivity contribution in [3.05, 3.63) is 66.6 Å². The Labute approximate surface area is 151 Å². The van der Waals surface area contributed by atoms with Gasteiger partial charge in [-0.25, -0.2) is 0 Å². The van der Waals surface area contributed by atoms with Gasteiger partial charge in [-0.05, 0) is 49.2 Å². The summed E-state index contributed by atoms with van der Waals surface area (Å²) in [4.78, 5) is 15.0. The maximum absolute atomic E-state index is 12.7. The maximum Gasteiger partial charge on any atom is 0.247 e. The molecule has 1 N–H and O–H groups in total. The van der Waals surface area contributed by atoms with Crippen molar-refractivity contribution in [3.63, 3.8) is 0 Å². The van der Waals surface area contributed by atoms with Crippen molar-refractivity contribution in [2.24, 2.45) is 0 Å². The zero-order valence-corrected chi connectivity index (χ0v) is 14.3. The molecular formula is C20H20N4O2. The lowest BCUT2D eigenvalue weighted by atomic mass is 10.1. The molecule has 1 aromatic heterocycles. The number of nitrogens with one attached hydrogen (secondary N) is 1. The molecule has 0 radical (unpaired) electrons. The van der Waals surface area contributed by atoms with E-state index in [4.69, 9.17) is 4.42 Å². The third-order valence-corrected chi connectivity index (χ3v) is 4.65. The number of carbonyl (C=O) groups excluding carboxylic acids is 1. The van der Waals surface area contributed by atoms with E-state index in [-0.39, 0.29) is 11.9 Å². The molecule has 2 aromatic carbocycles. The van der Waals surface area contributed by atoms with Crippen LogP contribution in [0.5, 0.6) is 0 Å². The van der Waals surface area contributed by atoms with Gasteiger partial charge >= 0.3 is 0 Å². The van der Waals surface area contributed by atoms with Crippen molar-refractivity contribution < 1.29 is 9.21 Å². The molecule has 1 fully saturated rings. The van der Waals surface area contributed by atoms with Crippen LogP contribution >= 0.6 is 0 Å². The van der Waals surface area contributed by atoms with Crippen LogP contribution in [0.4, 0.5) is 5.69 Å². The minimum Gasteiger partial charge on any atom is -0.423 e. The van der Waals surface area contributed by atoms with E-state index in [2.05, 4.69) is 32.5 Å². The van der Waals surface area contributed by atoms with Crippen LogP contribution in [0.15, 0.2) is 65.4 Å². The van der Waals surface area contributed by atoms with Gasteiger partial charge in [-0.1, -0.05) is 30.3 Å². The highest BCUT2D eigenvalue weighted by Gasteiger charge is 2.30. The molecule has 2 heterocycles. The Balaban J connectivity index is 1.40.